The summed E-state index contributed by atoms with van der Waals surface area (Å²) in [5, 5.41) is 9.69. The first-order valence-corrected chi connectivity index (χ1v) is 5.23. The molecule has 0 radical (unpaired) electrons. The summed E-state index contributed by atoms with van der Waals surface area (Å²) in [4.78, 5) is 0. The van der Waals surface area contributed by atoms with Crippen LogP contribution in [0, 0.1) is 11.6 Å². The van der Waals surface area contributed by atoms with E-state index in [1.54, 1.807) is 6.92 Å². The minimum absolute atomic E-state index is 0.177. The van der Waals surface area contributed by atoms with E-state index < -0.39 is 23.2 Å². The summed E-state index contributed by atoms with van der Waals surface area (Å²) in [5.74, 6) is -1.13. The highest BCUT2D eigenvalue weighted by atomic mass is 19.1. The van der Waals surface area contributed by atoms with Gasteiger partial charge in [-0.25, -0.2) is 8.78 Å². The van der Waals surface area contributed by atoms with Crippen LogP contribution < -0.4 is 4.74 Å². The molecule has 0 amide bonds. The van der Waals surface area contributed by atoms with Crippen LogP contribution in [0.3, 0.4) is 0 Å². The smallest absolute Gasteiger partial charge is 0.133 e. The first-order valence-electron chi connectivity index (χ1n) is 5.23. The third-order valence-electron chi connectivity index (χ3n) is 3.33. The summed E-state index contributed by atoms with van der Waals surface area (Å²) in [7, 11) is 1.37. The maximum absolute atomic E-state index is 13.8. The van der Waals surface area contributed by atoms with E-state index in [4.69, 9.17) is 4.74 Å². The lowest BCUT2D eigenvalue weighted by atomic mass is 9.89. The molecular formula is C12H14F2O2. The lowest BCUT2D eigenvalue weighted by Crippen LogP contribution is -2.24. The third kappa shape index (κ3) is 1.57. The van der Waals surface area contributed by atoms with Crippen LogP contribution in [0.5, 0.6) is 5.75 Å². The Labute approximate surface area is 92.9 Å². The Hall–Kier alpha value is -1.16. The van der Waals surface area contributed by atoms with Gasteiger partial charge >= 0.3 is 0 Å². The molecule has 1 aromatic carbocycles. The number of hydrogen-bond donors (Lipinski definition) is 1. The minimum atomic E-state index is -0.667. The Bertz CT molecular complexity index is 412. The molecule has 0 saturated heterocycles. The van der Waals surface area contributed by atoms with Crippen molar-refractivity contribution >= 4 is 0 Å². The number of methoxy groups -OCH3 is 1. The molecule has 0 aromatic heterocycles. The number of halogens is 2. The molecule has 0 bridgehead atoms. The monoisotopic (exact) mass is 228 g/mol. The molecule has 1 saturated carbocycles. The zero-order valence-electron chi connectivity index (χ0n) is 9.26. The molecule has 4 heteroatoms. The van der Waals surface area contributed by atoms with E-state index in [-0.39, 0.29) is 5.75 Å². The van der Waals surface area contributed by atoms with Gasteiger partial charge < -0.3 is 9.84 Å². The normalized spacial score (nSPS) is 19.3. The van der Waals surface area contributed by atoms with Crippen molar-refractivity contribution in [1.29, 1.82) is 0 Å². The predicted octanol–water partition coefficient (Wildman–Crippen LogP) is 2.39. The van der Waals surface area contributed by atoms with Crippen LogP contribution in [0.1, 0.15) is 25.3 Å². The van der Waals surface area contributed by atoms with Crippen molar-refractivity contribution < 1.29 is 18.6 Å². The fourth-order valence-electron chi connectivity index (χ4n) is 2.21. The summed E-state index contributed by atoms with van der Waals surface area (Å²) < 4.78 is 31.8. The van der Waals surface area contributed by atoms with Crippen LogP contribution in [0.15, 0.2) is 12.1 Å². The standard InChI is InChI=1S/C12H14F2O2/c1-7(15)12(3-4-12)11-9(14)5-8(13)6-10(11)16-2/h5-7,15H,3-4H2,1-2H3. The van der Waals surface area contributed by atoms with Gasteiger partial charge in [0.2, 0.25) is 0 Å². The second-order valence-corrected chi connectivity index (χ2v) is 4.30. The van der Waals surface area contributed by atoms with Gasteiger partial charge in [-0.05, 0) is 19.8 Å². The van der Waals surface area contributed by atoms with Crippen molar-refractivity contribution in [2.75, 3.05) is 7.11 Å². The molecule has 1 atom stereocenters. The third-order valence-corrected chi connectivity index (χ3v) is 3.33. The van der Waals surface area contributed by atoms with Crippen molar-refractivity contribution in [3.05, 3.63) is 29.3 Å². The molecule has 0 heterocycles. The van der Waals surface area contributed by atoms with Crippen LogP contribution >= 0.6 is 0 Å². The Kier molecular flexibility index (Phi) is 2.62. The average molecular weight is 228 g/mol. The second kappa shape index (κ2) is 3.70. The highest BCUT2D eigenvalue weighted by molar-refractivity contribution is 5.45. The molecule has 2 nitrogen and oxygen atoms in total. The van der Waals surface area contributed by atoms with Crippen LogP contribution in [-0.2, 0) is 5.41 Å². The number of aliphatic hydroxyl groups excluding tert-OH is 1. The first kappa shape index (κ1) is 11.3. The Morgan fingerprint density at radius 1 is 1.38 bits per heavy atom. The van der Waals surface area contributed by atoms with Crippen molar-refractivity contribution in [3.8, 4) is 5.75 Å². The molecule has 1 aliphatic carbocycles. The Balaban J connectivity index is 2.56. The van der Waals surface area contributed by atoms with Gasteiger partial charge in [-0.1, -0.05) is 0 Å². The van der Waals surface area contributed by atoms with E-state index in [1.807, 2.05) is 0 Å². The van der Waals surface area contributed by atoms with Crippen molar-refractivity contribution in [2.45, 2.75) is 31.3 Å². The van der Waals surface area contributed by atoms with Gasteiger partial charge in [0.1, 0.15) is 17.4 Å². The van der Waals surface area contributed by atoms with Gasteiger partial charge in [-0.3, -0.25) is 0 Å². The van der Waals surface area contributed by atoms with Gasteiger partial charge in [-0.2, -0.15) is 0 Å². The van der Waals surface area contributed by atoms with Crippen LogP contribution in [0.2, 0.25) is 0 Å². The van der Waals surface area contributed by atoms with E-state index in [0.717, 1.165) is 12.1 Å². The molecule has 1 N–H and O–H groups in total. The summed E-state index contributed by atoms with van der Waals surface area (Å²) in [6.07, 6.45) is 0.731. The van der Waals surface area contributed by atoms with E-state index in [1.165, 1.54) is 7.11 Å². The molecule has 2 rings (SSSR count). The number of rotatable bonds is 3. The zero-order chi connectivity index (χ0) is 11.9. The molecule has 16 heavy (non-hydrogen) atoms. The minimum Gasteiger partial charge on any atom is -0.496 e. The molecule has 88 valence electrons. The van der Waals surface area contributed by atoms with Crippen LogP contribution in [0.4, 0.5) is 8.78 Å². The topological polar surface area (TPSA) is 29.5 Å². The van der Waals surface area contributed by atoms with E-state index >= 15 is 0 Å². The summed E-state index contributed by atoms with van der Waals surface area (Å²) in [6, 6.07) is 1.99. The molecular weight excluding hydrogens is 214 g/mol. The zero-order valence-corrected chi connectivity index (χ0v) is 9.26. The molecule has 1 aromatic rings. The van der Waals surface area contributed by atoms with Crippen LogP contribution in [-0.4, -0.2) is 18.3 Å². The fourth-order valence-corrected chi connectivity index (χ4v) is 2.21. The molecule has 1 fully saturated rings. The maximum Gasteiger partial charge on any atom is 0.133 e. The van der Waals surface area contributed by atoms with Gasteiger partial charge in [0.25, 0.3) is 0 Å². The van der Waals surface area contributed by atoms with Crippen molar-refractivity contribution in [1.82, 2.24) is 0 Å². The second-order valence-electron chi connectivity index (χ2n) is 4.30. The van der Waals surface area contributed by atoms with Crippen molar-refractivity contribution in [3.63, 3.8) is 0 Å². The van der Waals surface area contributed by atoms with E-state index in [9.17, 15) is 13.9 Å². The average Bonchev–Trinajstić information content (AvgIpc) is 2.97. The predicted molar refractivity (Wildman–Crippen MR) is 55.5 cm³/mol. The Morgan fingerprint density at radius 2 is 2.00 bits per heavy atom. The quantitative estimate of drug-likeness (QED) is 0.860. The highest BCUT2D eigenvalue weighted by Gasteiger charge is 2.51. The summed E-state index contributed by atoms with van der Waals surface area (Å²) in [5.41, 5.74) is -0.297. The SMILES string of the molecule is COc1cc(F)cc(F)c1C1(C(C)O)CC1. The number of hydrogen-bond acceptors (Lipinski definition) is 2. The van der Waals surface area contributed by atoms with E-state index in [0.29, 0.717) is 18.4 Å². The van der Waals surface area contributed by atoms with Gasteiger partial charge in [0.15, 0.2) is 0 Å². The van der Waals surface area contributed by atoms with E-state index in [2.05, 4.69) is 0 Å². The molecule has 0 aliphatic heterocycles. The molecule has 1 unspecified atom stereocenters. The fraction of sp³-hybridized carbons (Fsp3) is 0.500. The highest BCUT2D eigenvalue weighted by Crippen LogP contribution is 2.54. The Morgan fingerprint density at radius 3 is 2.44 bits per heavy atom. The summed E-state index contributed by atoms with van der Waals surface area (Å²) >= 11 is 0. The van der Waals surface area contributed by atoms with Gasteiger partial charge in [0, 0.05) is 23.1 Å². The lowest BCUT2D eigenvalue weighted by molar-refractivity contribution is 0.146. The van der Waals surface area contributed by atoms with Gasteiger partial charge in [0.05, 0.1) is 13.2 Å². The van der Waals surface area contributed by atoms with Gasteiger partial charge in [-0.15, -0.1) is 0 Å². The first-order chi connectivity index (χ1) is 7.51. The summed E-state index contributed by atoms with van der Waals surface area (Å²) in [6.45, 7) is 1.62. The van der Waals surface area contributed by atoms with Crippen molar-refractivity contribution in [2.24, 2.45) is 0 Å². The molecule has 1 aliphatic rings. The van der Waals surface area contributed by atoms with Crippen LogP contribution in [0.25, 0.3) is 0 Å². The number of benzene rings is 1. The largest absolute Gasteiger partial charge is 0.496 e. The number of ether oxygens (including phenoxy) is 1. The number of aliphatic hydroxyl groups is 1. The lowest BCUT2D eigenvalue weighted by Gasteiger charge is -2.22. The molecule has 0 spiro atoms. The maximum atomic E-state index is 13.8.